The first-order chi connectivity index (χ1) is 9.49. The number of rotatable bonds is 6. The van der Waals surface area contributed by atoms with Crippen LogP contribution in [-0.4, -0.2) is 29.0 Å². The fourth-order valence-electron chi connectivity index (χ4n) is 1.29. The van der Waals surface area contributed by atoms with Gasteiger partial charge in [0.25, 0.3) is 0 Å². The van der Waals surface area contributed by atoms with Crippen LogP contribution in [0.2, 0.25) is 0 Å². The van der Waals surface area contributed by atoms with Gasteiger partial charge in [0.2, 0.25) is 12.2 Å². The van der Waals surface area contributed by atoms with E-state index < -0.39 is 22.5 Å². The van der Waals surface area contributed by atoms with E-state index in [0.29, 0.717) is 0 Å². The van der Waals surface area contributed by atoms with E-state index in [9.17, 15) is 19.7 Å². The minimum absolute atomic E-state index is 0.0678. The molecule has 0 aliphatic carbocycles. The molecule has 0 unspecified atom stereocenters. The predicted octanol–water partition coefficient (Wildman–Crippen LogP) is 0.213. The number of nitrogen functional groups attached to an aromatic ring is 1. The number of nitro groups is 1. The molecule has 0 radical (unpaired) electrons. The molecule has 0 bridgehead atoms. The molecule has 108 valence electrons. The Kier molecular flexibility index (Phi) is 5.03. The maximum Gasteiger partial charge on any atom is 0.412 e. The van der Waals surface area contributed by atoms with Gasteiger partial charge in [-0.25, -0.2) is 9.78 Å². The van der Waals surface area contributed by atoms with E-state index >= 15 is 0 Å². The molecule has 0 fully saturated rings. The van der Waals surface area contributed by atoms with Crippen LogP contribution in [0.3, 0.4) is 0 Å². The Morgan fingerprint density at radius 2 is 2.35 bits per heavy atom. The van der Waals surface area contributed by atoms with Gasteiger partial charge in [-0.2, -0.15) is 0 Å². The van der Waals surface area contributed by atoms with Gasteiger partial charge in [-0.3, -0.25) is 31.1 Å². The lowest BCUT2D eigenvalue weighted by Crippen LogP contribution is -2.21. The van der Waals surface area contributed by atoms with Crippen molar-refractivity contribution in [3.63, 3.8) is 0 Å². The number of hydrazine groups is 1. The second-order valence-corrected chi connectivity index (χ2v) is 3.28. The molecule has 0 aromatic carbocycles. The third-order valence-corrected chi connectivity index (χ3v) is 1.97. The van der Waals surface area contributed by atoms with Crippen molar-refractivity contribution < 1.29 is 19.2 Å². The molecule has 0 saturated carbocycles. The van der Waals surface area contributed by atoms with Crippen molar-refractivity contribution in [3.8, 4) is 0 Å². The zero-order valence-corrected chi connectivity index (χ0v) is 10.4. The number of amides is 2. The summed E-state index contributed by atoms with van der Waals surface area (Å²) in [7, 11) is 0. The highest BCUT2D eigenvalue weighted by Crippen LogP contribution is 2.31. The molecule has 1 aromatic heterocycles. The Bertz CT molecular complexity index is 534. The second-order valence-electron chi connectivity index (χ2n) is 3.28. The smallest absolute Gasteiger partial charge is 0.412 e. The fraction of sp³-hybridized carbons (Fsp3) is 0.222. The monoisotopic (exact) mass is 284 g/mol. The van der Waals surface area contributed by atoms with Gasteiger partial charge in [0.15, 0.2) is 0 Å². The normalized spacial score (nSPS) is 9.45. The van der Waals surface area contributed by atoms with E-state index in [4.69, 9.17) is 5.73 Å². The third-order valence-electron chi connectivity index (χ3n) is 1.97. The maximum absolute atomic E-state index is 11.2. The van der Waals surface area contributed by atoms with Crippen LogP contribution >= 0.6 is 0 Å². The quantitative estimate of drug-likeness (QED) is 0.327. The van der Waals surface area contributed by atoms with E-state index in [1.165, 1.54) is 0 Å². The van der Waals surface area contributed by atoms with Crippen molar-refractivity contribution in [1.29, 1.82) is 0 Å². The number of pyridine rings is 1. The summed E-state index contributed by atoms with van der Waals surface area (Å²) in [5, 5.41) is 13.1. The molecular weight excluding hydrogens is 272 g/mol. The van der Waals surface area contributed by atoms with E-state index in [2.05, 4.69) is 20.5 Å². The van der Waals surface area contributed by atoms with Crippen molar-refractivity contribution >= 4 is 35.5 Å². The van der Waals surface area contributed by atoms with Crippen molar-refractivity contribution in [2.45, 2.75) is 6.92 Å². The third kappa shape index (κ3) is 3.69. The van der Waals surface area contributed by atoms with Gasteiger partial charge < -0.3 is 10.5 Å². The van der Waals surface area contributed by atoms with Gasteiger partial charge >= 0.3 is 11.8 Å². The predicted molar refractivity (Wildman–Crippen MR) is 68.8 cm³/mol. The van der Waals surface area contributed by atoms with Crippen molar-refractivity contribution in [2.24, 2.45) is 0 Å². The number of nitrogens with two attached hydrogens (primary N) is 1. The summed E-state index contributed by atoms with van der Waals surface area (Å²) < 4.78 is 4.63. The molecule has 1 rings (SSSR count). The molecule has 1 heterocycles. The zero-order chi connectivity index (χ0) is 15.1. The fourth-order valence-corrected chi connectivity index (χ4v) is 1.29. The number of carbonyl (C=O) groups is 2. The van der Waals surface area contributed by atoms with Crippen LogP contribution in [0.5, 0.6) is 0 Å². The number of hydrogen-bond acceptors (Lipinski definition) is 8. The Morgan fingerprint density at radius 1 is 1.65 bits per heavy atom. The number of carbonyl (C=O) groups excluding carboxylic acids is 2. The van der Waals surface area contributed by atoms with Crippen LogP contribution in [0.4, 0.5) is 27.8 Å². The number of aromatic nitrogens is 1. The van der Waals surface area contributed by atoms with Crippen LogP contribution in [0.15, 0.2) is 6.07 Å². The summed E-state index contributed by atoms with van der Waals surface area (Å²) in [6.07, 6.45) is -0.513. The first-order valence-electron chi connectivity index (χ1n) is 5.33. The van der Waals surface area contributed by atoms with Crippen molar-refractivity contribution in [2.75, 3.05) is 23.1 Å². The first kappa shape index (κ1) is 14.9. The van der Waals surface area contributed by atoms with Gasteiger partial charge in [-0.05, 0) is 6.92 Å². The van der Waals surface area contributed by atoms with E-state index in [0.717, 1.165) is 6.07 Å². The summed E-state index contributed by atoms with van der Waals surface area (Å²) in [6, 6.07) is 1.13. The summed E-state index contributed by atoms with van der Waals surface area (Å²) in [4.78, 5) is 35.2. The summed E-state index contributed by atoms with van der Waals surface area (Å²) in [6.45, 7) is 1.75. The molecule has 11 heteroatoms. The molecule has 2 amide bonds. The molecular formula is C9H12N6O5. The van der Waals surface area contributed by atoms with Gasteiger partial charge in [-0.1, -0.05) is 0 Å². The highest BCUT2D eigenvalue weighted by Gasteiger charge is 2.22. The average molecular weight is 284 g/mol. The lowest BCUT2D eigenvalue weighted by molar-refractivity contribution is -0.383. The highest BCUT2D eigenvalue weighted by molar-refractivity contribution is 5.86. The van der Waals surface area contributed by atoms with E-state index in [-0.39, 0.29) is 24.5 Å². The van der Waals surface area contributed by atoms with Crippen LogP contribution in [-0.2, 0) is 9.53 Å². The van der Waals surface area contributed by atoms with Crippen molar-refractivity contribution in [3.05, 3.63) is 16.2 Å². The second kappa shape index (κ2) is 6.72. The lowest BCUT2D eigenvalue weighted by Gasteiger charge is -2.10. The standard InChI is InChI=1S/C9H12N6O5/c1-2-20-9(17)13-6-3-5(14-11-4-16)7(15(18)19)8(10)12-6/h3-4H,2H2,1H3,(H,11,16)(H4,10,12,13,14,17). The van der Waals surface area contributed by atoms with Crippen LogP contribution in [0.25, 0.3) is 0 Å². The van der Waals surface area contributed by atoms with Gasteiger partial charge in [0.05, 0.1) is 11.5 Å². The van der Waals surface area contributed by atoms with E-state index in [1.807, 2.05) is 5.43 Å². The first-order valence-corrected chi connectivity index (χ1v) is 5.33. The number of anilines is 3. The number of nitrogens with one attached hydrogen (secondary N) is 3. The molecule has 5 N–H and O–H groups in total. The molecule has 0 aliphatic rings. The van der Waals surface area contributed by atoms with Crippen LogP contribution in [0, 0.1) is 10.1 Å². The minimum atomic E-state index is -0.789. The zero-order valence-electron chi connectivity index (χ0n) is 10.4. The Hall–Kier alpha value is -3.11. The molecule has 11 nitrogen and oxygen atoms in total. The molecule has 0 atom stereocenters. The highest BCUT2D eigenvalue weighted by atomic mass is 16.6. The van der Waals surface area contributed by atoms with E-state index in [1.54, 1.807) is 6.92 Å². The van der Waals surface area contributed by atoms with Gasteiger partial charge in [0.1, 0.15) is 11.5 Å². The average Bonchev–Trinajstić information content (AvgIpc) is 2.35. The molecule has 0 saturated heterocycles. The largest absolute Gasteiger partial charge is 0.450 e. The topological polar surface area (TPSA) is 162 Å². The Labute approximate surface area is 112 Å². The number of nitrogens with zero attached hydrogens (tertiary/aromatic N) is 2. The SMILES string of the molecule is CCOC(=O)Nc1cc(NNC=O)c([N+](=O)[O-])c(N)n1. The maximum atomic E-state index is 11.2. The van der Waals surface area contributed by atoms with Gasteiger partial charge in [-0.15, -0.1) is 0 Å². The number of ether oxygens (including phenoxy) is 1. The Balaban J connectivity index is 3.10. The molecule has 1 aromatic rings. The summed E-state index contributed by atoms with van der Waals surface area (Å²) in [5.41, 5.74) is 9.06. The van der Waals surface area contributed by atoms with Crippen molar-refractivity contribution in [1.82, 2.24) is 10.4 Å². The summed E-state index contributed by atoms with van der Waals surface area (Å²) >= 11 is 0. The summed E-state index contributed by atoms with van der Waals surface area (Å²) in [5.74, 6) is -0.499. The molecule has 0 spiro atoms. The Morgan fingerprint density at radius 3 is 2.90 bits per heavy atom. The molecule has 0 aliphatic heterocycles. The lowest BCUT2D eigenvalue weighted by atomic mass is 10.3. The van der Waals surface area contributed by atoms with Crippen LogP contribution < -0.4 is 21.9 Å². The molecule has 20 heavy (non-hydrogen) atoms. The van der Waals surface area contributed by atoms with Gasteiger partial charge in [0, 0.05) is 6.07 Å². The van der Waals surface area contributed by atoms with Crippen LogP contribution in [0.1, 0.15) is 6.92 Å². The minimum Gasteiger partial charge on any atom is -0.450 e. The number of hydrogen-bond donors (Lipinski definition) is 4.